The number of rotatable bonds is 3. The highest BCUT2D eigenvalue weighted by atomic mass is 16.6. The highest BCUT2D eigenvalue weighted by molar-refractivity contribution is 5.73. The van der Waals surface area contributed by atoms with Crippen molar-refractivity contribution in [3.63, 3.8) is 0 Å². The molecular weight excluding hydrogens is 410 g/mol. The largest absolute Gasteiger partial charge is 0.394 e. The molecule has 0 spiro atoms. The van der Waals surface area contributed by atoms with Crippen LogP contribution in [0.5, 0.6) is 0 Å². The Labute approximate surface area is 182 Å². The molecule has 6 aliphatic heterocycles. The Morgan fingerprint density at radius 2 is 1.65 bits per heavy atom. The summed E-state index contributed by atoms with van der Waals surface area (Å²) in [7, 11) is 0. The van der Waals surface area contributed by atoms with E-state index in [0.717, 1.165) is 0 Å². The molecule has 6 aliphatic rings. The number of hydrogen-bond acceptors (Lipinski definition) is 9. The van der Waals surface area contributed by atoms with Crippen LogP contribution < -0.4 is 5.32 Å². The summed E-state index contributed by atoms with van der Waals surface area (Å²) < 4.78 is 18.1. The van der Waals surface area contributed by atoms with Crippen LogP contribution in [0, 0.1) is 17.3 Å². The molecule has 6 fully saturated rings. The molecule has 6 heterocycles. The third kappa shape index (κ3) is 4.49. The molecule has 10 nitrogen and oxygen atoms in total. The molecule has 2 unspecified atom stereocenters. The molecule has 6 N–H and O–H groups in total. The molecule has 0 aliphatic carbocycles. The number of aliphatic hydroxyl groups is 5. The first-order valence-corrected chi connectivity index (χ1v) is 11.0. The summed E-state index contributed by atoms with van der Waals surface area (Å²) in [6, 6.07) is -0.850. The van der Waals surface area contributed by atoms with E-state index >= 15 is 0 Å². The van der Waals surface area contributed by atoms with Gasteiger partial charge in [-0.3, -0.25) is 4.79 Å². The van der Waals surface area contributed by atoms with Crippen LogP contribution in [0.4, 0.5) is 0 Å². The second-order valence-electron chi connectivity index (χ2n) is 9.75. The van der Waals surface area contributed by atoms with Crippen molar-refractivity contribution in [2.75, 3.05) is 19.8 Å². The van der Waals surface area contributed by atoms with Gasteiger partial charge in [-0.1, -0.05) is 20.8 Å². The lowest BCUT2D eigenvalue weighted by Gasteiger charge is -2.55. The molecule has 180 valence electrons. The fraction of sp³-hybridized carbons (Fsp3) is 0.952. The first kappa shape index (κ1) is 24.8. The molecule has 0 aromatic carbocycles. The molecule has 0 radical (unpaired) electrons. The molecule has 31 heavy (non-hydrogen) atoms. The van der Waals surface area contributed by atoms with Gasteiger partial charge in [0.25, 0.3) is 0 Å². The van der Waals surface area contributed by atoms with Crippen molar-refractivity contribution in [2.24, 2.45) is 17.3 Å². The average Bonchev–Trinajstić information content (AvgIpc) is 2.71. The second-order valence-corrected chi connectivity index (χ2v) is 9.75. The standard InChI is InChI=1S/C21H37NO9/c1-9-5-6-29-19-12(8-24)31-20(16(27)14(19)22-10(2)25)21(3,4)13-11(7-23)30-18(9)17(28)15(13)26/h9,11-20,23-24,26-28H,5-8H2,1-4H3,(H,22,25)/t9-,11-,12-,13-,14+,15+,16+,17-,18?,19-,20?/m1/s1. The molecule has 0 aromatic rings. The van der Waals surface area contributed by atoms with Gasteiger partial charge in [0.15, 0.2) is 0 Å². The van der Waals surface area contributed by atoms with Crippen LogP contribution in [-0.2, 0) is 19.0 Å². The third-order valence-electron chi connectivity index (χ3n) is 7.27. The zero-order chi connectivity index (χ0) is 23.1. The third-order valence-corrected chi connectivity index (χ3v) is 7.27. The fourth-order valence-corrected chi connectivity index (χ4v) is 5.62. The molecular formula is C21H37NO9. The monoisotopic (exact) mass is 447 g/mol. The molecule has 11 atom stereocenters. The number of carbonyl (C=O) groups is 1. The second kappa shape index (κ2) is 9.56. The summed E-state index contributed by atoms with van der Waals surface area (Å²) in [4.78, 5) is 11.9. The lowest BCUT2D eigenvalue weighted by Crippen LogP contribution is -2.70. The Bertz CT molecular complexity index is 630. The van der Waals surface area contributed by atoms with Gasteiger partial charge in [0.05, 0.1) is 43.7 Å². The van der Waals surface area contributed by atoms with Crippen LogP contribution in [0.3, 0.4) is 0 Å². The van der Waals surface area contributed by atoms with Crippen molar-refractivity contribution >= 4 is 5.91 Å². The van der Waals surface area contributed by atoms with Crippen molar-refractivity contribution < 1.29 is 44.5 Å². The molecule has 4 bridgehead atoms. The zero-order valence-electron chi connectivity index (χ0n) is 18.5. The lowest BCUT2D eigenvalue weighted by molar-refractivity contribution is -0.277. The Hall–Kier alpha value is -0.850. The number of aliphatic hydroxyl groups excluding tert-OH is 5. The Balaban J connectivity index is 2.10. The summed E-state index contributed by atoms with van der Waals surface area (Å²) in [6.07, 6.45) is -7.30. The molecule has 0 aromatic heterocycles. The molecule has 1 amide bonds. The number of amides is 1. The van der Waals surface area contributed by atoms with Crippen LogP contribution in [0.1, 0.15) is 34.1 Å². The minimum Gasteiger partial charge on any atom is -0.394 e. The van der Waals surface area contributed by atoms with Gasteiger partial charge in [-0.05, 0) is 12.3 Å². The van der Waals surface area contributed by atoms with E-state index in [1.165, 1.54) is 6.92 Å². The van der Waals surface area contributed by atoms with Gasteiger partial charge in [0.2, 0.25) is 5.91 Å². The predicted molar refractivity (Wildman–Crippen MR) is 108 cm³/mol. The maximum absolute atomic E-state index is 11.9. The lowest BCUT2D eigenvalue weighted by atomic mass is 9.63. The van der Waals surface area contributed by atoms with Crippen LogP contribution >= 0.6 is 0 Å². The molecule has 6 saturated heterocycles. The van der Waals surface area contributed by atoms with Crippen molar-refractivity contribution in [2.45, 2.75) is 89.0 Å². The summed E-state index contributed by atoms with van der Waals surface area (Å²) in [5.41, 5.74) is -1.02. The minimum atomic E-state index is -1.24. The first-order valence-electron chi connectivity index (χ1n) is 11.0. The van der Waals surface area contributed by atoms with E-state index in [2.05, 4.69) is 5.32 Å². The predicted octanol–water partition coefficient (Wildman–Crippen LogP) is -1.84. The Morgan fingerprint density at radius 3 is 2.23 bits per heavy atom. The van der Waals surface area contributed by atoms with E-state index in [1.54, 1.807) is 13.8 Å². The fourth-order valence-electron chi connectivity index (χ4n) is 5.62. The maximum Gasteiger partial charge on any atom is 0.217 e. The highest BCUT2D eigenvalue weighted by Gasteiger charge is 2.59. The quantitative estimate of drug-likeness (QED) is 0.292. The number of carbonyl (C=O) groups excluding carboxylic acids is 1. The molecule has 0 saturated carbocycles. The zero-order valence-corrected chi connectivity index (χ0v) is 18.5. The van der Waals surface area contributed by atoms with Gasteiger partial charge >= 0.3 is 0 Å². The topological polar surface area (TPSA) is 158 Å². The first-order chi connectivity index (χ1) is 14.5. The van der Waals surface area contributed by atoms with Crippen molar-refractivity contribution in [3.05, 3.63) is 0 Å². The number of nitrogens with one attached hydrogen (secondary N) is 1. The number of ether oxygens (including phenoxy) is 3. The van der Waals surface area contributed by atoms with Gasteiger partial charge in [-0.2, -0.15) is 0 Å². The van der Waals surface area contributed by atoms with Gasteiger partial charge in [-0.25, -0.2) is 0 Å². The van der Waals surface area contributed by atoms with Gasteiger partial charge in [0, 0.05) is 24.9 Å². The van der Waals surface area contributed by atoms with E-state index in [4.69, 9.17) is 14.2 Å². The van der Waals surface area contributed by atoms with Crippen molar-refractivity contribution in [1.82, 2.24) is 5.32 Å². The van der Waals surface area contributed by atoms with Crippen molar-refractivity contribution in [3.8, 4) is 0 Å². The van der Waals surface area contributed by atoms with Gasteiger partial charge in [0.1, 0.15) is 24.4 Å². The van der Waals surface area contributed by atoms with E-state index in [-0.39, 0.29) is 25.0 Å². The van der Waals surface area contributed by atoms with Crippen molar-refractivity contribution in [1.29, 1.82) is 0 Å². The van der Waals surface area contributed by atoms with Gasteiger partial charge in [-0.15, -0.1) is 0 Å². The smallest absolute Gasteiger partial charge is 0.217 e. The van der Waals surface area contributed by atoms with Crippen LogP contribution in [0.2, 0.25) is 0 Å². The van der Waals surface area contributed by atoms with Crippen LogP contribution in [0.15, 0.2) is 0 Å². The molecule has 10 heteroatoms. The molecule has 6 rings (SSSR count). The van der Waals surface area contributed by atoms with E-state index < -0.39 is 72.8 Å². The van der Waals surface area contributed by atoms with E-state index in [1.807, 2.05) is 6.92 Å². The van der Waals surface area contributed by atoms with E-state index in [9.17, 15) is 30.3 Å². The number of hydrogen-bond donors (Lipinski definition) is 6. The van der Waals surface area contributed by atoms with Crippen LogP contribution in [-0.4, -0.2) is 106 Å². The summed E-state index contributed by atoms with van der Waals surface area (Å²) in [6.45, 7) is 6.10. The maximum atomic E-state index is 11.9. The van der Waals surface area contributed by atoms with Crippen LogP contribution in [0.25, 0.3) is 0 Å². The summed E-state index contributed by atoms with van der Waals surface area (Å²) in [5, 5.41) is 56.0. The Kier molecular flexibility index (Phi) is 7.65. The SMILES string of the molecule is CC(=O)N[C@@H]1[C@@H]2OCC[C@@H](C)C3O[C@H](CO)[C@H]([C@H](O)[C@H]3O)C(C)(C)C(O[C@@H]2CO)[C@H]1O. The Morgan fingerprint density at radius 1 is 1.00 bits per heavy atom. The minimum absolute atomic E-state index is 0.193. The van der Waals surface area contributed by atoms with Gasteiger partial charge < -0.3 is 45.1 Å². The average molecular weight is 448 g/mol. The summed E-state index contributed by atoms with van der Waals surface area (Å²) >= 11 is 0. The highest BCUT2D eigenvalue weighted by Crippen LogP contribution is 2.47. The summed E-state index contributed by atoms with van der Waals surface area (Å²) in [5.74, 6) is -1.36. The normalized spacial score (nSPS) is 47.8. The van der Waals surface area contributed by atoms with E-state index in [0.29, 0.717) is 6.42 Å².